The molecule has 0 spiro atoms. The lowest BCUT2D eigenvalue weighted by molar-refractivity contribution is 0.429. The summed E-state index contributed by atoms with van der Waals surface area (Å²) in [7, 11) is 0. The smallest absolute Gasteiger partial charge is 0.258 e. The summed E-state index contributed by atoms with van der Waals surface area (Å²) in [6, 6.07) is 9.90. The van der Waals surface area contributed by atoms with Crippen LogP contribution in [-0.2, 0) is 13.0 Å². The Balaban J connectivity index is 1.71. The Morgan fingerprint density at radius 2 is 2.15 bits per heavy atom. The average Bonchev–Trinajstić information content (AvgIpc) is 3.17. The first-order chi connectivity index (χ1) is 9.90. The molecule has 1 aliphatic rings. The van der Waals surface area contributed by atoms with E-state index in [1.54, 1.807) is 12.3 Å². The van der Waals surface area contributed by atoms with Crippen LogP contribution in [0.3, 0.4) is 0 Å². The Kier molecular flexibility index (Phi) is 2.63. The largest absolute Gasteiger partial charge is 0.461 e. The minimum atomic E-state index is 0.473. The molecule has 100 valence electrons. The van der Waals surface area contributed by atoms with E-state index in [9.17, 15) is 0 Å². The van der Waals surface area contributed by atoms with Gasteiger partial charge in [-0.25, -0.2) is 0 Å². The third-order valence-electron chi connectivity index (χ3n) is 3.51. The zero-order chi connectivity index (χ0) is 13.4. The van der Waals surface area contributed by atoms with Gasteiger partial charge in [-0.15, -0.1) is 0 Å². The van der Waals surface area contributed by atoms with Crippen LogP contribution in [0.2, 0.25) is 0 Å². The summed E-state index contributed by atoms with van der Waals surface area (Å²) >= 11 is 0. The van der Waals surface area contributed by atoms with Gasteiger partial charge < -0.3 is 14.3 Å². The van der Waals surface area contributed by atoms with Gasteiger partial charge in [-0.2, -0.15) is 4.98 Å². The Bertz CT molecular complexity index is 731. The van der Waals surface area contributed by atoms with Crippen LogP contribution in [0.25, 0.3) is 23.0 Å². The highest BCUT2D eigenvalue weighted by molar-refractivity contribution is 5.58. The van der Waals surface area contributed by atoms with E-state index >= 15 is 0 Å². The topological polar surface area (TPSA) is 64.1 Å². The molecule has 5 nitrogen and oxygen atoms in total. The first-order valence-corrected chi connectivity index (χ1v) is 6.60. The molecule has 3 aromatic rings. The second kappa shape index (κ2) is 4.61. The van der Waals surface area contributed by atoms with Crippen LogP contribution < -0.4 is 5.32 Å². The summed E-state index contributed by atoms with van der Waals surface area (Å²) in [6.45, 7) is 1.93. The maximum Gasteiger partial charge on any atom is 0.258 e. The fourth-order valence-corrected chi connectivity index (χ4v) is 2.46. The van der Waals surface area contributed by atoms with Crippen LogP contribution in [-0.4, -0.2) is 16.7 Å². The summed E-state index contributed by atoms with van der Waals surface area (Å²) in [5, 5.41) is 7.32. The number of benzene rings is 1. The van der Waals surface area contributed by atoms with Crippen molar-refractivity contribution in [3.8, 4) is 23.0 Å². The van der Waals surface area contributed by atoms with Crippen molar-refractivity contribution in [1.82, 2.24) is 15.5 Å². The van der Waals surface area contributed by atoms with Crippen LogP contribution in [0.5, 0.6) is 0 Å². The van der Waals surface area contributed by atoms with E-state index in [0.29, 0.717) is 17.5 Å². The number of nitrogens with zero attached hydrogens (tertiary/aromatic N) is 2. The fraction of sp³-hybridized carbons (Fsp3) is 0.200. The van der Waals surface area contributed by atoms with Crippen LogP contribution in [0.15, 0.2) is 45.5 Å². The molecule has 0 saturated carbocycles. The third kappa shape index (κ3) is 1.92. The Labute approximate surface area is 115 Å². The van der Waals surface area contributed by atoms with E-state index in [1.807, 2.05) is 12.1 Å². The molecule has 1 aliphatic heterocycles. The van der Waals surface area contributed by atoms with E-state index in [4.69, 9.17) is 8.94 Å². The van der Waals surface area contributed by atoms with Crippen LogP contribution in [0.4, 0.5) is 0 Å². The molecule has 0 unspecified atom stereocenters. The molecular weight excluding hydrogens is 254 g/mol. The number of hydrogen-bond donors (Lipinski definition) is 1. The number of hydrogen-bond acceptors (Lipinski definition) is 5. The summed E-state index contributed by atoms with van der Waals surface area (Å²) in [5.41, 5.74) is 3.63. The van der Waals surface area contributed by atoms with Gasteiger partial charge in [-0.3, -0.25) is 0 Å². The Morgan fingerprint density at radius 1 is 1.15 bits per heavy atom. The second-order valence-electron chi connectivity index (χ2n) is 4.81. The molecule has 0 bridgehead atoms. The molecular formula is C15H13N3O2. The number of aromatic nitrogens is 2. The predicted octanol–water partition coefficient (Wildman–Crippen LogP) is 2.64. The molecule has 0 atom stereocenters. The summed E-state index contributed by atoms with van der Waals surface area (Å²) in [4.78, 5) is 4.38. The maximum absolute atomic E-state index is 5.32. The predicted molar refractivity (Wildman–Crippen MR) is 72.8 cm³/mol. The summed E-state index contributed by atoms with van der Waals surface area (Å²) in [5.74, 6) is 1.60. The monoisotopic (exact) mass is 267 g/mol. The SMILES string of the molecule is c1coc(-c2noc(-c3ccc4c(c3)CNCC4)n2)c1. The standard InChI is InChI=1S/C15H13N3O2/c1-2-13(19-7-1)14-17-15(20-18-14)11-4-3-10-5-6-16-9-12(10)8-11/h1-4,7-8,16H,5-6,9H2. The van der Waals surface area contributed by atoms with Crippen LogP contribution in [0.1, 0.15) is 11.1 Å². The van der Waals surface area contributed by atoms with Crippen molar-refractivity contribution in [1.29, 1.82) is 0 Å². The molecule has 0 amide bonds. The Hall–Kier alpha value is -2.40. The van der Waals surface area contributed by atoms with Gasteiger partial charge in [-0.05, 0) is 48.4 Å². The van der Waals surface area contributed by atoms with Crippen molar-refractivity contribution in [3.05, 3.63) is 47.7 Å². The number of furan rings is 1. The average molecular weight is 267 g/mol. The normalized spacial score (nSPS) is 14.2. The van der Waals surface area contributed by atoms with E-state index in [-0.39, 0.29) is 0 Å². The molecule has 3 heterocycles. The van der Waals surface area contributed by atoms with Crippen molar-refractivity contribution >= 4 is 0 Å². The fourth-order valence-electron chi connectivity index (χ4n) is 2.46. The van der Waals surface area contributed by atoms with Gasteiger partial charge in [0.2, 0.25) is 5.82 Å². The molecule has 0 fully saturated rings. The van der Waals surface area contributed by atoms with E-state index in [2.05, 4.69) is 27.6 Å². The highest BCUT2D eigenvalue weighted by atomic mass is 16.5. The first-order valence-electron chi connectivity index (χ1n) is 6.60. The molecule has 1 aromatic carbocycles. The summed E-state index contributed by atoms with van der Waals surface area (Å²) < 4.78 is 10.6. The molecule has 4 rings (SSSR count). The lowest BCUT2D eigenvalue weighted by atomic mass is 9.98. The van der Waals surface area contributed by atoms with Gasteiger partial charge in [0.05, 0.1) is 6.26 Å². The highest BCUT2D eigenvalue weighted by Gasteiger charge is 2.15. The van der Waals surface area contributed by atoms with Crippen molar-refractivity contribution < 1.29 is 8.94 Å². The lowest BCUT2D eigenvalue weighted by Crippen LogP contribution is -2.23. The van der Waals surface area contributed by atoms with Gasteiger partial charge in [0, 0.05) is 12.1 Å². The number of fused-ring (bicyclic) bond motifs is 1. The van der Waals surface area contributed by atoms with Crippen molar-refractivity contribution in [2.75, 3.05) is 6.54 Å². The minimum absolute atomic E-state index is 0.473. The maximum atomic E-state index is 5.32. The van der Waals surface area contributed by atoms with Gasteiger partial charge in [0.25, 0.3) is 5.89 Å². The second-order valence-corrected chi connectivity index (χ2v) is 4.81. The van der Waals surface area contributed by atoms with Crippen molar-refractivity contribution in [3.63, 3.8) is 0 Å². The quantitative estimate of drug-likeness (QED) is 0.773. The first kappa shape index (κ1) is 11.4. The van der Waals surface area contributed by atoms with Crippen molar-refractivity contribution in [2.24, 2.45) is 0 Å². The molecule has 0 aliphatic carbocycles. The lowest BCUT2D eigenvalue weighted by Gasteiger charge is -2.16. The molecule has 2 aromatic heterocycles. The van der Waals surface area contributed by atoms with E-state index in [1.165, 1.54) is 11.1 Å². The van der Waals surface area contributed by atoms with Gasteiger partial charge >= 0.3 is 0 Å². The molecule has 5 heteroatoms. The van der Waals surface area contributed by atoms with Gasteiger partial charge in [0.15, 0.2) is 5.76 Å². The van der Waals surface area contributed by atoms with Gasteiger partial charge in [0.1, 0.15) is 0 Å². The van der Waals surface area contributed by atoms with E-state index < -0.39 is 0 Å². The molecule has 20 heavy (non-hydrogen) atoms. The highest BCUT2D eigenvalue weighted by Crippen LogP contribution is 2.25. The number of nitrogens with one attached hydrogen (secondary N) is 1. The zero-order valence-electron chi connectivity index (χ0n) is 10.8. The van der Waals surface area contributed by atoms with Crippen molar-refractivity contribution in [2.45, 2.75) is 13.0 Å². The summed E-state index contributed by atoms with van der Waals surface area (Å²) in [6.07, 6.45) is 2.66. The molecule has 0 radical (unpaired) electrons. The van der Waals surface area contributed by atoms with E-state index in [0.717, 1.165) is 25.1 Å². The third-order valence-corrected chi connectivity index (χ3v) is 3.51. The Morgan fingerprint density at radius 3 is 3.05 bits per heavy atom. The van der Waals surface area contributed by atoms with Crippen LogP contribution >= 0.6 is 0 Å². The molecule has 1 N–H and O–H groups in total. The minimum Gasteiger partial charge on any atom is -0.461 e. The number of rotatable bonds is 2. The molecule has 0 saturated heterocycles. The van der Waals surface area contributed by atoms with Crippen LogP contribution in [0, 0.1) is 0 Å². The van der Waals surface area contributed by atoms with Gasteiger partial charge in [-0.1, -0.05) is 11.2 Å². The zero-order valence-corrected chi connectivity index (χ0v) is 10.8.